The average Bonchev–Trinajstić information content (AvgIpc) is 2.62. The summed E-state index contributed by atoms with van der Waals surface area (Å²) < 4.78 is 4.99. The molecule has 0 heterocycles. The van der Waals surface area contributed by atoms with E-state index in [-0.39, 0.29) is 31.6 Å². The molecule has 0 unspecified atom stereocenters. The quantitative estimate of drug-likeness (QED) is 0.475. The lowest BCUT2D eigenvalue weighted by Crippen LogP contribution is -2.46. The van der Waals surface area contributed by atoms with Crippen LogP contribution in [-0.2, 0) is 25.5 Å². The fourth-order valence-electron chi connectivity index (χ4n) is 2.29. The first kappa shape index (κ1) is 23.9. The van der Waals surface area contributed by atoms with E-state index in [1.54, 1.807) is 20.8 Å². The third kappa shape index (κ3) is 12.1. The first-order chi connectivity index (χ1) is 13.5. The van der Waals surface area contributed by atoms with E-state index in [2.05, 4.69) is 21.3 Å². The molecule has 1 atom stereocenters. The largest absolute Gasteiger partial charge is 0.444 e. The molecule has 0 bridgehead atoms. The van der Waals surface area contributed by atoms with Crippen LogP contribution in [0.15, 0.2) is 30.3 Å². The predicted octanol–water partition coefficient (Wildman–Crippen LogP) is 0.491. The Balaban J connectivity index is 2.18. The molecular weight excluding hydrogens is 376 g/mol. The number of carbonyl (C=O) groups is 4. The number of carbonyl (C=O) groups excluding carboxylic acids is 4. The standard InChI is InChI=1S/C20H30N4O5/c1-14(10-15-8-6-5-7-9-15)24-18(27)13-22-16(25)11-21-17(26)12-23-19(28)29-20(2,3)4/h5-9,14H,10-13H2,1-4H3,(H,21,26)(H,22,25)(H,23,28)(H,24,27)/t14-/m0/s1. The van der Waals surface area contributed by atoms with Crippen LogP contribution in [0.3, 0.4) is 0 Å². The van der Waals surface area contributed by atoms with Crippen molar-refractivity contribution in [1.82, 2.24) is 21.3 Å². The summed E-state index contributed by atoms with van der Waals surface area (Å²) in [4.78, 5) is 46.7. The van der Waals surface area contributed by atoms with E-state index in [4.69, 9.17) is 4.74 Å². The molecule has 0 fully saturated rings. The summed E-state index contributed by atoms with van der Waals surface area (Å²) in [7, 11) is 0. The fraction of sp³-hybridized carbons (Fsp3) is 0.500. The lowest BCUT2D eigenvalue weighted by atomic mass is 10.1. The molecule has 1 aromatic carbocycles. The summed E-state index contributed by atoms with van der Waals surface area (Å²) >= 11 is 0. The van der Waals surface area contributed by atoms with Crippen molar-refractivity contribution in [3.8, 4) is 0 Å². The van der Waals surface area contributed by atoms with Gasteiger partial charge in [0.1, 0.15) is 12.1 Å². The Morgan fingerprint density at radius 1 is 0.862 bits per heavy atom. The number of nitrogens with one attached hydrogen (secondary N) is 4. The Hall–Kier alpha value is -3.10. The number of benzene rings is 1. The highest BCUT2D eigenvalue weighted by molar-refractivity contribution is 5.89. The van der Waals surface area contributed by atoms with Crippen LogP contribution in [-0.4, -0.2) is 55.1 Å². The van der Waals surface area contributed by atoms with E-state index >= 15 is 0 Å². The van der Waals surface area contributed by atoms with Crippen LogP contribution < -0.4 is 21.3 Å². The van der Waals surface area contributed by atoms with Gasteiger partial charge in [-0.3, -0.25) is 14.4 Å². The highest BCUT2D eigenvalue weighted by atomic mass is 16.6. The van der Waals surface area contributed by atoms with Crippen molar-refractivity contribution in [3.05, 3.63) is 35.9 Å². The van der Waals surface area contributed by atoms with Gasteiger partial charge in [0.2, 0.25) is 17.7 Å². The van der Waals surface area contributed by atoms with E-state index in [9.17, 15) is 19.2 Å². The second kappa shape index (κ2) is 11.7. The zero-order chi connectivity index (χ0) is 21.9. The molecule has 0 spiro atoms. The Labute approximate surface area is 170 Å². The molecule has 9 nitrogen and oxygen atoms in total. The molecule has 29 heavy (non-hydrogen) atoms. The molecule has 0 saturated heterocycles. The van der Waals surface area contributed by atoms with Crippen LogP contribution >= 0.6 is 0 Å². The molecule has 9 heteroatoms. The summed E-state index contributed by atoms with van der Waals surface area (Å²) in [5.74, 6) is -1.38. The van der Waals surface area contributed by atoms with Crippen molar-refractivity contribution in [2.45, 2.75) is 45.8 Å². The molecular formula is C20H30N4O5. The molecule has 0 aliphatic carbocycles. The van der Waals surface area contributed by atoms with Crippen molar-refractivity contribution in [2.75, 3.05) is 19.6 Å². The van der Waals surface area contributed by atoms with Gasteiger partial charge in [-0.05, 0) is 39.7 Å². The second-order valence-corrected chi connectivity index (χ2v) is 7.57. The monoisotopic (exact) mass is 406 g/mol. The van der Waals surface area contributed by atoms with E-state index in [1.165, 1.54) is 0 Å². The van der Waals surface area contributed by atoms with Crippen molar-refractivity contribution in [3.63, 3.8) is 0 Å². The average molecular weight is 406 g/mol. The lowest BCUT2D eigenvalue weighted by Gasteiger charge is -2.19. The van der Waals surface area contributed by atoms with Gasteiger partial charge in [0.05, 0.1) is 13.1 Å². The lowest BCUT2D eigenvalue weighted by molar-refractivity contribution is -0.127. The maximum absolute atomic E-state index is 11.9. The topological polar surface area (TPSA) is 126 Å². The van der Waals surface area contributed by atoms with Crippen LogP contribution in [0.5, 0.6) is 0 Å². The van der Waals surface area contributed by atoms with Gasteiger partial charge in [-0.1, -0.05) is 30.3 Å². The summed E-state index contributed by atoms with van der Waals surface area (Å²) in [6, 6.07) is 9.66. The summed E-state index contributed by atoms with van der Waals surface area (Å²) in [5, 5.41) is 9.85. The number of amides is 4. The smallest absolute Gasteiger partial charge is 0.408 e. The molecule has 0 radical (unpaired) electrons. The summed E-state index contributed by atoms with van der Waals surface area (Å²) in [6.45, 7) is 6.18. The van der Waals surface area contributed by atoms with Crippen molar-refractivity contribution in [2.24, 2.45) is 0 Å². The van der Waals surface area contributed by atoms with Gasteiger partial charge in [0.15, 0.2) is 0 Å². The molecule has 0 aliphatic rings. The van der Waals surface area contributed by atoms with Gasteiger partial charge >= 0.3 is 6.09 Å². The van der Waals surface area contributed by atoms with Crippen LogP contribution in [0.25, 0.3) is 0 Å². The Kier molecular flexibility index (Phi) is 9.64. The third-order valence-corrected chi connectivity index (χ3v) is 3.48. The fourth-order valence-corrected chi connectivity index (χ4v) is 2.29. The first-order valence-corrected chi connectivity index (χ1v) is 9.38. The van der Waals surface area contributed by atoms with Crippen LogP contribution in [0.2, 0.25) is 0 Å². The van der Waals surface area contributed by atoms with E-state index in [0.29, 0.717) is 6.42 Å². The third-order valence-electron chi connectivity index (χ3n) is 3.48. The number of hydrogen-bond acceptors (Lipinski definition) is 5. The van der Waals surface area contributed by atoms with E-state index in [1.807, 2.05) is 37.3 Å². The molecule has 1 aromatic rings. The molecule has 160 valence electrons. The SMILES string of the molecule is C[C@@H](Cc1ccccc1)NC(=O)CNC(=O)CNC(=O)CNC(=O)OC(C)(C)C. The minimum Gasteiger partial charge on any atom is -0.444 e. The zero-order valence-electron chi connectivity index (χ0n) is 17.3. The number of alkyl carbamates (subject to hydrolysis) is 1. The number of hydrogen-bond donors (Lipinski definition) is 4. The van der Waals surface area contributed by atoms with Gasteiger partial charge < -0.3 is 26.0 Å². The molecule has 0 saturated carbocycles. The Morgan fingerprint density at radius 3 is 1.93 bits per heavy atom. The van der Waals surface area contributed by atoms with Gasteiger partial charge in [-0.25, -0.2) is 4.79 Å². The van der Waals surface area contributed by atoms with E-state index < -0.39 is 23.5 Å². The normalized spacial score (nSPS) is 11.7. The van der Waals surface area contributed by atoms with Gasteiger partial charge in [-0.15, -0.1) is 0 Å². The Morgan fingerprint density at radius 2 is 1.38 bits per heavy atom. The minimum absolute atomic E-state index is 0.0829. The van der Waals surface area contributed by atoms with Gasteiger partial charge in [-0.2, -0.15) is 0 Å². The van der Waals surface area contributed by atoms with Gasteiger partial charge in [0, 0.05) is 6.04 Å². The number of ether oxygens (including phenoxy) is 1. The van der Waals surface area contributed by atoms with Crippen molar-refractivity contribution >= 4 is 23.8 Å². The Bertz CT molecular complexity index is 701. The molecule has 4 amide bonds. The van der Waals surface area contributed by atoms with Crippen molar-refractivity contribution in [1.29, 1.82) is 0 Å². The summed E-state index contributed by atoms with van der Waals surface area (Å²) in [5.41, 5.74) is 0.437. The predicted molar refractivity (Wildman–Crippen MR) is 108 cm³/mol. The minimum atomic E-state index is -0.724. The van der Waals surface area contributed by atoms with Crippen LogP contribution in [0, 0.1) is 0 Å². The molecule has 4 N–H and O–H groups in total. The maximum Gasteiger partial charge on any atom is 0.408 e. The molecule has 0 aromatic heterocycles. The maximum atomic E-state index is 11.9. The zero-order valence-corrected chi connectivity index (χ0v) is 17.3. The summed E-state index contributed by atoms with van der Waals surface area (Å²) in [6.07, 6.45) is -0.0419. The van der Waals surface area contributed by atoms with Gasteiger partial charge in [0.25, 0.3) is 0 Å². The first-order valence-electron chi connectivity index (χ1n) is 9.38. The molecule has 0 aliphatic heterocycles. The highest BCUT2D eigenvalue weighted by Gasteiger charge is 2.17. The van der Waals surface area contributed by atoms with Crippen LogP contribution in [0.4, 0.5) is 4.79 Å². The number of rotatable bonds is 9. The van der Waals surface area contributed by atoms with Crippen LogP contribution in [0.1, 0.15) is 33.3 Å². The molecule has 1 rings (SSSR count). The van der Waals surface area contributed by atoms with Crippen molar-refractivity contribution < 1.29 is 23.9 Å². The second-order valence-electron chi connectivity index (χ2n) is 7.57. The highest BCUT2D eigenvalue weighted by Crippen LogP contribution is 2.06. The van der Waals surface area contributed by atoms with E-state index in [0.717, 1.165) is 5.56 Å².